The summed E-state index contributed by atoms with van der Waals surface area (Å²) in [5.74, 6) is -0.151. The maximum atomic E-state index is 13.5. The van der Waals surface area contributed by atoms with Crippen LogP contribution in [-0.2, 0) is 13.5 Å². The van der Waals surface area contributed by atoms with E-state index in [1.165, 1.54) is 6.33 Å². The Morgan fingerprint density at radius 1 is 1.41 bits per heavy atom. The van der Waals surface area contributed by atoms with Gasteiger partial charge in [-0.05, 0) is 13.0 Å². The molecular weight excluding hydrogens is 221 g/mol. The van der Waals surface area contributed by atoms with Gasteiger partial charge >= 0.3 is 0 Å². The van der Waals surface area contributed by atoms with E-state index in [0.717, 1.165) is 12.1 Å². The van der Waals surface area contributed by atoms with Crippen molar-refractivity contribution in [3.8, 4) is 0 Å². The van der Waals surface area contributed by atoms with Crippen LogP contribution in [0.25, 0.3) is 0 Å². The van der Waals surface area contributed by atoms with Crippen molar-refractivity contribution in [2.45, 2.75) is 13.3 Å². The molecular formula is C11H14FN5. The second kappa shape index (κ2) is 4.90. The summed E-state index contributed by atoms with van der Waals surface area (Å²) in [4.78, 5) is 7.62. The molecule has 0 saturated heterocycles. The average Bonchev–Trinajstić information content (AvgIpc) is 2.70. The van der Waals surface area contributed by atoms with E-state index in [1.807, 2.05) is 19.3 Å². The summed E-state index contributed by atoms with van der Waals surface area (Å²) in [7, 11) is 1.87. The Hall–Kier alpha value is -1.98. The smallest absolute Gasteiger partial charge is 0.186 e. The normalized spacial score (nSPS) is 10.5. The Labute approximate surface area is 98.7 Å². The number of hydrogen-bond acceptors (Lipinski definition) is 4. The Bertz CT molecular complexity index is 508. The molecule has 0 aliphatic carbocycles. The molecule has 0 aromatic carbocycles. The highest BCUT2D eigenvalue weighted by Gasteiger charge is 2.06. The Balaban J connectivity index is 1.92. The molecule has 0 radical (unpaired) electrons. The zero-order chi connectivity index (χ0) is 12.3. The second-order valence-corrected chi connectivity index (χ2v) is 3.78. The molecule has 0 spiro atoms. The van der Waals surface area contributed by atoms with Crippen LogP contribution < -0.4 is 5.32 Å². The second-order valence-electron chi connectivity index (χ2n) is 3.78. The number of hydrogen-bond donors (Lipinski definition) is 1. The van der Waals surface area contributed by atoms with Crippen molar-refractivity contribution in [1.82, 2.24) is 19.7 Å². The average molecular weight is 235 g/mol. The van der Waals surface area contributed by atoms with Crippen LogP contribution in [0.2, 0.25) is 0 Å². The van der Waals surface area contributed by atoms with Gasteiger partial charge in [0.25, 0.3) is 0 Å². The third-order valence-corrected chi connectivity index (χ3v) is 2.41. The van der Waals surface area contributed by atoms with E-state index < -0.39 is 5.82 Å². The Morgan fingerprint density at radius 3 is 2.94 bits per heavy atom. The molecule has 1 N–H and O–H groups in total. The largest absolute Gasteiger partial charge is 0.367 e. The lowest BCUT2D eigenvalue weighted by Gasteiger charge is -2.05. The van der Waals surface area contributed by atoms with Crippen LogP contribution in [0.15, 0.2) is 18.6 Å². The van der Waals surface area contributed by atoms with E-state index >= 15 is 0 Å². The first kappa shape index (κ1) is 11.5. The molecule has 0 bridgehead atoms. The van der Waals surface area contributed by atoms with Crippen molar-refractivity contribution in [3.05, 3.63) is 35.8 Å². The minimum atomic E-state index is -0.395. The molecule has 2 aromatic heterocycles. The lowest BCUT2D eigenvalue weighted by Crippen LogP contribution is -2.09. The van der Waals surface area contributed by atoms with Gasteiger partial charge < -0.3 is 5.32 Å². The van der Waals surface area contributed by atoms with Crippen molar-refractivity contribution in [1.29, 1.82) is 0 Å². The predicted octanol–water partition coefficient (Wildman–Crippen LogP) is 1.31. The van der Waals surface area contributed by atoms with Crippen LogP contribution in [0, 0.1) is 12.7 Å². The van der Waals surface area contributed by atoms with Crippen LogP contribution in [0.4, 0.5) is 10.2 Å². The number of anilines is 1. The van der Waals surface area contributed by atoms with Gasteiger partial charge in [0.2, 0.25) is 0 Å². The zero-order valence-corrected chi connectivity index (χ0v) is 9.81. The van der Waals surface area contributed by atoms with Crippen molar-refractivity contribution in [3.63, 3.8) is 0 Å². The molecule has 5 nitrogen and oxygen atoms in total. The van der Waals surface area contributed by atoms with E-state index in [-0.39, 0.29) is 5.82 Å². The van der Waals surface area contributed by atoms with Crippen LogP contribution in [-0.4, -0.2) is 26.3 Å². The number of nitrogens with zero attached hydrogens (tertiary/aromatic N) is 4. The van der Waals surface area contributed by atoms with Gasteiger partial charge in [-0.3, -0.25) is 4.68 Å². The quantitative estimate of drug-likeness (QED) is 0.868. The topological polar surface area (TPSA) is 55.6 Å². The third-order valence-electron chi connectivity index (χ3n) is 2.41. The maximum absolute atomic E-state index is 13.5. The third kappa shape index (κ3) is 2.77. The molecule has 2 rings (SSSR count). The van der Waals surface area contributed by atoms with Gasteiger partial charge in [0.15, 0.2) is 11.6 Å². The summed E-state index contributed by atoms with van der Waals surface area (Å²) >= 11 is 0. The van der Waals surface area contributed by atoms with Gasteiger partial charge in [0, 0.05) is 26.2 Å². The van der Waals surface area contributed by atoms with Crippen LogP contribution in [0.1, 0.15) is 11.4 Å². The molecule has 17 heavy (non-hydrogen) atoms. The molecule has 2 heterocycles. The van der Waals surface area contributed by atoms with Gasteiger partial charge in [-0.15, -0.1) is 0 Å². The summed E-state index contributed by atoms with van der Waals surface area (Å²) in [6, 6.07) is 1.93. The van der Waals surface area contributed by atoms with E-state index in [4.69, 9.17) is 0 Å². The molecule has 0 aliphatic heterocycles. The highest BCUT2D eigenvalue weighted by atomic mass is 19.1. The highest BCUT2D eigenvalue weighted by molar-refractivity contribution is 5.36. The number of halogens is 1. The van der Waals surface area contributed by atoms with Crippen LogP contribution in [0.5, 0.6) is 0 Å². The van der Waals surface area contributed by atoms with E-state index in [9.17, 15) is 4.39 Å². The van der Waals surface area contributed by atoms with E-state index in [2.05, 4.69) is 20.4 Å². The molecule has 6 heteroatoms. The first-order chi connectivity index (χ1) is 8.16. The van der Waals surface area contributed by atoms with Gasteiger partial charge in [0.05, 0.1) is 11.4 Å². The van der Waals surface area contributed by atoms with Crippen LogP contribution in [0.3, 0.4) is 0 Å². The SMILES string of the molecule is Cc1ncnc(NCCc2ccn(C)n2)c1F. The number of aromatic nitrogens is 4. The molecule has 90 valence electrons. The molecule has 0 amide bonds. The first-order valence-electron chi connectivity index (χ1n) is 5.36. The van der Waals surface area contributed by atoms with E-state index in [0.29, 0.717) is 12.2 Å². The van der Waals surface area contributed by atoms with Crippen molar-refractivity contribution in [2.24, 2.45) is 7.05 Å². The molecule has 0 atom stereocenters. The Morgan fingerprint density at radius 2 is 2.24 bits per heavy atom. The standard InChI is InChI=1S/C11H14FN5/c1-8-10(12)11(15-7-14-8)13-5-3-9-4-6-17(2)16-9/h4,6-7H,3,5H2,1-2H3,(H,13,14,15). The van der Waals surface area contributed by atoms with Crippen molar-refractivity contribution < 1.29 is 4.39 Å². The number of rotatable bonds is 4. The summed E-state index contributed by atoms with van der Waals surface area (Å²) in [5, 5.41) is 7.17. The minimum absolute atomic E-state index is 0.244. The molecule has 0 fully saturated rings. The first-order valence-corrected chi connectivity index (χ1v) is 5.36. The summed E-state index contributed by atoms with van der Waals surface area (Å²) in [6.45, 7) is 2.20. The van der Waals surface area contributed by atoms with Gasteiger partial charge in [-0.1, -0.05) is 0 Å². The summed E-state index contributed by atoms with van der Waals surface area (Å²) in [5.41, 5.74) is 1.31. The lowest BCUT2D eigenvalue weighted by atomic mass is 10.3. The van der Waals surface area contributed by atoms with Crippen molar-refractivity contribution >= 4 is 5.82 Å². The Kier molecular flexibility index (Phi) is 3.32. The van der Waals surface area contributed by atoms with Crippen molar-refractivity contribution in [2.75, 3.05) is 11.9 Å². The predicted molar refractivity (Wildman–Crippen MR) is 62.1 cm³/mol. The summed E-state index contributed by atoms with van der Waals surface area (Å²) < 4.78 is 15.3. The fraction of sp³-hybridized carbons (Fsp3) is 0.364. The van der Waals surface area contributed by atoms with Gasteiger partial charge in [0.1, 0.15) is 6.33 Å². The fourth-order valence-corrected chi connectivity index (χ4v) is 1.49. The molecule has 0 aliphatic rings. The zero-order valence-electron chi connectivity index (χ0n) is 9.81. The summed E-state index contributed by atoms with van der Waals surface area (Å²) in [6.07, 6.45) is 3.95. The van der Waals surface area contributed by atoms with Gasteiger partial charge in [-0.25, -0.2) is 14.4 Å². The van der Waals surface area contributed by atoms with Gasteiger partial charge in [-0.2, -0.15) is 5.10 Å². The lowest BCUT2D eigenvalue weighted by molar-refractivity contribution is 0.604. The minimum Gasteiger partial charge on any atom is -0.367 e. The number of nitrogens with one attached hydrogen (secondary N) is 1. The number of aryl methyl sites for hydroxylation is 2. The molecule has 0 saturated carbocycles. The molecule has 0 unspecified atom stereocenters. The van der Waals surface area contributed by atoms with Crippen LogP contribution >= 0.6 is 0 Å². The van der Waals surface area contributed by atoms with E-state index in [1.54, 1.807) is 11.6 Å². The monoisotopic (exact) mass is 235 g/mol. The molecule has 2 aromatic rings. The fourth-order valence-electron chi connectivity index (χ4n) is 1.49. The maximum Gasteiger partial charge on any atom is 0.186 e. The highest BCUT2D eigenvalue weighted by Crippen LogP contribution is 2.11.